The van der Waals surface area contributed by atoms with Gasteiger partial charge in [0.2, 0.25) is 10.0 Å². The number of nitrogens with two attached hydrogens (primary N) is 1. The molecule has 134 valence electrons. The normalized spacial score (nSPS) is 11.7. The van der Waals surface area contributed by atoms with Crippen LogP contribution in [0.5, 0.6) is 0 Å². The molecule has 0 radical (unpaired) electrons. The Morgan fingerprint density at radius 2 is 1.48 bits per heavy atom. The van der Waals surface area contributed by atoms with Crippen LogP contribution in [0.1, 0.15) is 5.56 Å². The topological polar surface area (TPSA) is 135 Å². The predicted molar refractivity (Wildman–Crippen MR) is 91.7 cm³/mol. The van der Waals surface area contributed by atoms with Crippen molar-refractivity contribution in [3.8, 4) is 0 Å². The molecule has 0 aliphatic heterocycles. The van der Waals surface area contributed by atoms with Gasteiger partial charge in [-0.15, -0.1) is 0 Å². The van der Waals surface area contributed by atoms with Crippen molar-refractivity contribution in [2.24, 2.45) is 5.14 Å². The first-order valence-electron chi connectivity index (χ1n) is 7.16. The van der Waals surface area contributed by atoms with Crippen LogP contribution in [0.15, 0.2) is 64.4 Å². The fraction of sp³-hybridized carbons (Fsp3) is 0.133. The third-order valence-corrected chi connectivity index (χ3v) is 5.51. The molecular formula is C15H17N3O5S2. The molecule has 4 N–H and O–H groups in total. The maximum atomic E-state index is 12.0. The van der Waals surface area contributed by atoms with Crippen LogP contribution < -0.4 is 15.2 Å². The molecule has 0 fully saturated rings. The molecule has 0 aliphatic carbocycles. The Kier molecular flexibility index (Phi) is 5.77. The molecule has 10 heteroatoms. The van der Waals surface area contributed by atoms with Crippen molar-refractivity contribution < 1.29 is 21.6 Å². The second-order valence-electron chi connectivity index (χ2n) is 5.11. The molecule has 0 aliphatic rings. The molecule has 8 nitrogen and oxygen atoms in total. The van der Waals surface area contributed by atoms with Gasteiger partial charge in [0, 0.05) is 6.54 Å². The first-order chi connectivity index (χ1) is 11.7. The Labute approximate surface area is 146 Å². The summed E-state index contributed by atoms with van der Waals surface area (Å²) in [5.74, 6) is 0. The van der Waals surface area contributed by atoms with Crippen molar-refractivity contribution in [1.29, 1.82) is 0 Å². The first kappa shape index (κ1) is 18.9. The van der Waals surface area contributed by atoms with E-state index < -0.39 is 26.1 Å². The number of rotatable bonds is 6. The number of amides is 2. The maximum absolute atomic E-state index is 12.0. The molecule has 2 amide bonds. The van der Waals surface area contributed by atoms with Gasteiger partial charge in [0.25, 0.3) is 10.0 Å². The van der Waals surface area contributed by atoms with E-state index in [0.29, 0.717) is 6.42 Å². The molecule has 0 saturated carbocycles. The molecule has 0 aromatic heterocycles. The summed E-state index contributed by atoms with van der Waals surface area (Å²) in [5.41, 5.74) is 0.763. The van der Waals surface area contributed by atoms with Gasteiger partial charge in [0.15, 0.2) is 0 Å². The quantitative estimate of drug-likeness (QED) is 0.670. The monoisotopic (exact) mass is 383 g/mol. The van der Waals surface area contributed by atoms with Crippen LogP contribution in [0.2, 0.25) is 0 Å². The smallest absolute Gasteiger partial charge is 0.328 e. The summed E-state index contributed by atoms with van der Waals surface area (Å²) < 4.78 is 48.2. The lowest BCUT2D eigenvalue weighted by Gasteiger charge is -2.09. The van der Waals surface area contributed by atoms with Crippen molar-refractivity contribution in [3.63, 3.8) is 0 Å². The molecule has 0 spiro atoms. The largest absolute Gasteiger partial charge is 0.337 e. The minimum absolute atomic E-state index is 0.00379. The zero-order chi connectivity index (χ0) is 18.5. The van der Waals surface area contributed by atoms with Crippen molar-refractivity contribution in [2.75, 3.05) is 6.54 Å². The summed E-state index contributed by atoms with van der Waals surface area (Å²) in [6.45, 7) is 0.171. The predicted octanol–water partition coefficient (Wildman–Crippen LogP) is 0.565. The van der Waals surface area contributed by atoms with Crippen molar-refractivity contribution in [3.05, 3.63) is 60.2 Å². The summed E-state index contributed by atoms with van der Waals surface area (Å²) >= 11 is 0. The Morgan fingerprint density at radius 3 is 2.04 bits per heavy atom. The molecule has 0 atom stereocenters. The third kappa shape index (κ3) is 5.55. The van der Waals surface area contributed by atoms with Gasteiger partial charge in [-0.1, -0.05) is 30.3 Å². The summed E-state index contributed by atoms with van der Waals surface area (Å²) in [6.07, 6.45) is 0.393. The molecule has 0 saturated heterocycles. The van der Waals surface area contributed by atoms with Gasteiger partial charge in [-0.3, -0.25) is 0 Å². The molecule has 0 bridgehead atoms. The van der Waals surface area contributed by atoms with Gasteiger partial charge < -0.3 is 5.32 Å². The van der Waals surface area contributed by atoms with E-state index in [2.05, 4.69) is 5.32 Å². The average Bonchev–Trinajstić information content (AvgIpc) is 2.55. The number of nitrogens with one attached hydrogen (secondary N) is 2. The maximum Gasteiger partial charge on any atom is 0.328 e. The van der Waals surface area contributed by atoms with Gasteiger partial charge in [-0.05, 0) is 36.2 Å². The lowest BCUT2D eigenvalue weighted by molar-refractivity contribution is 0.246. The number of hydrogen-bond acceptors (Lipinski definition) is 5. The molecule has 2 aromatic rings. The van der Waals surface area contributed by atoms with Crippen molar-refractivity contribution >= 4 is 26.1 Å². The molecule has 25 heavy (non-hydrogen) atoms. The molecule has 0 unspecified atom stereocenters. The van der Waals surface area contributed by atoms with E-state index >= 15 is 0 Å². The lowest BCUT2D eigenvalue weighted by Crippen LogP contribution is -2.40. The Bertz CT molecular complexity index is 940. The molecule has 0 heterocycles. The summed E-state index contributed by atoms with van der Waals surface area (Å²) in [7, 11) is -7.67. The Balaban J connectivity index is 1.87. The Hall–Kier alpha value is -2.43. The second-order valence-corrected chi connectivity index (χ2v) is 8.36. The minimum atomic E-state index is -3.92. The van der Waals surface area contributed by atoms with Crippen LogP contribution in [0.4, 0.5) is 4.79 Å². The number of hydrogen-bond donors (Lipinski definition) is 3. The van der Waals surface area contributed by atoms with Crippen LogP contribution in [0, 0.1) is 0 Å². The number of carbonyl (C=O) groups is 1. The number of sulfonamides is 2. The highest BCUT2D eigenvalue weighted by Crippen LogP contribution is 2.09. The van der Waals surface area contributed by atoms with Crippen molar-refractivity contribution in [2.45, 2.75) is 16.2 Å². The first-order valence-corrected chi connectivity index (χ1v) is 10.2. The van der Waals surface area contributed by atoms with Crippen LogP contribution in [0.25, 0.3) is 0 Å². The van der Waals surface area contributed by atoms with Crippen LogP contribution in [-0.4, -0.2) is 29.4 Å². The SMILES string of the molecule is NS(=O)(=O)c1ccc(CCNC(=O)NS(=O)(=O)c2ccccc2)cc1. The van der Waals surface area contributed by atoms with E-state index in [-0.39, 0.29) is 16.3 Å². The van der Waals surface area contributed by atoms with E-state index in [1.165, 1.54) is 24.3 Å². The summed E-state index contributed by atoms with van der Waals surface area (Å²) in [4.78, 5) is 11.7. The van der Waals surface area contributed by atoms with E-state index in [1.807, 2.05) is 4.72 Å². The van der Waals surface area contributed by atoms with E-state index in [4.69, 9.17) is 5.14 Å². The van der Waals surface area contributed by atoms with E-state index in [1.54, 1.807) is 30.3 Å². The zero-order valence-corrected chi connectivity index (χ0v) is 14.7. The number of urea groups is 1. The molecule has 2 aromatic carbocycles. The van der Waals surface area contributed by atoms with Crippen LogP contribution >= 0.6 is 0 Å². The highest BCUT2D eigenvalue weighted by atomic mass is 32.2. The van der Waals surface area contributed by atoms with Gasteiger partial charge >= 0.3 is 6.03 Å². The number of benzene rings is 2. The van der Waals surface area contributed by atoms with Gasteiger partial charge in [0.1, 0.15) is 0 Å². The third-order valence-electron chi connectivity index (χ3n) is 3.23. The fourth-order valence-electron chi connectivity index (χ4n) is 1.98. The summed E-state index contributed by atoms with van der Waals surface area (Å²) in [5, 5.41) is 7.43. The zero-order valence-electron chi connectivity index (χ0n) is 13.0. The van der Waals surface area contributed by atoms with Gasteiger partial charge in [-0.2, -0.15) is 0 Å². The number of carbonyl (C=O) groups excluding carboxylic acids is 1. The minimum Gasteiger partial charge on any atom is -0.337 e. The summed E-state index contributed by atoms with van der Waals surface area (Å²) in [6, 6.07) is 12.6. The average molecular weight is 383 g/mol. The van der Waals surface area contributed by atoms with E-state index in [9.17, 15) is 21.6 Å². The lowest BCUT2D eigenvalue weighted by atomic mass is 10.1. The Morgan fingerprint density at radius 1 is 0.880 bits per heavy atom. The number of primary sulfonamides is 1. The highest BCUT2D eigenvalue weighted by molar-refractivity contribution is 7.90. The highest BCUT2D eigenvalue weighted by Gasteiger charge is 2.16. The van der Waals surface area contributed by atoms with Gasteiger partial charge in [0.05, 0.1) is 9.79 Å². The molecule has 2 rings (SSSR count). The van der Waals surface area contributed by atoms with Crippen molar-refractivity contribution in [1.82, 2.24) is 10.0 Å². The fourth-order valence-corrected chi connectivity index (χ4v) is 3.45. The van der Waals surface area contributed by atoms with E-state index in [0.717, 1.165) is 5.56 Å². The van der Waals surface area contributed by atoms with Gasteiger partial charge in [-0.25, -0.2) is 31.5 Å². The second kappa shape index (κ2) is 7.64. The molecular weight excluding hydrogens is 366 g/mol. The van der Waals surface area contributed by atoms with Crippen LogP contribution in [0.3, 0.4) is 0 Å². The standard InChI is InChI=1S/C15H17N3O5S2/c16-24(20,21)13-8-6-12(7-9-13)10-11-17-15(19)18-25(22,23)14-4-2-1-3-5-14/h1-9H,10-11H2,(H2,16,20,21)(H2,17,18,19). The van der Waals surface area contributed by atoms with Crippen LogP contribution in [-0.2, 0) is 26.5 Å².